The number of carbonyl (C=O) groups is 1. The number of hydrogen-bond donors (Lipinski definition) is 0. The molecule has 0 fully saturated rings. The summed E-state index contributed by atoms with van der Waals surface area (Å²) >= 11 is 0. The molecule has 112 valence electrons. The minimum Gasteiger partial charge on any atom is -0.460 e. The highest BCUT2D eigenvalue weighted by atomic mass is 16.7. The molecule has 0 heterocycles. The summed E-state index contributed by atoms with van der Waals surface area (Å²) in [6.07, 6.45) is 1.54. The van der Waals surface area contributed by atoms with Crippen LogP contribution in [0.1, 0.15) is 13.3 Å². The fourth-order valence-corrected chi connectivity index (χ4v) is 1.20. The van der Waals surface area contributed by atoms with E-state index < -0.39 is 5.97 Å². The van der Waals surface area contributed by atoms with Crippen molar-refractivity contribution in [2.24, 2.45) is 0 Å². The van der Waals surface area contributed by atoms with Crippen molar-refractivity contribution in [1.82, 2.24) is 0 Å². The zero-order valence-corrected chi connectivity index (χ0v) is 11.9. The van der Waals surface area contributed by atoms with Crippen LogP contribution in [0.15, 0.2) is 12.7 Å². The largest absolute Gasteiger partial charge is 0.460 e. The Hall–Kier alpha value is -0.950. The van der Waals surface area contributed by atoms with Crippen LogP contribution >= 0.6 is 0 Å². The van der Waals surface area contributed by atoms with Gasteiger partial charge in [-0.2, -0.15) is 0 Å². The van der Waals surface area contributed by atoms with Crippen LogP contribution in [0.2, 0.25) is 0 Å². The van der Waals surface area contributed by atoms with E-state index in [1.807, 2.05) is 6.92 Å². The average Bonchev–Trinajstić information content (AvgIpc) is 2.44. The van der Waals surface area contributed by atoms with Gasteiger partial charge in [-0.25, -0.2) is 4.79 Å². The molecule has 2 unspecified atom stereocenters. The lowest BCUT2D eigenvalue weighted by atomic mass is 10.3. The van der Waals surface area contributed by atoms with Gasteiger partial charge in [0.25, 0.3) is 0 Å². The third kappa shape index (κ3) is 10.6. The first-order valence-electron chi connectivity index (χ1n) is 6.18. The molecule has 0 aliphatic heterocycles. The van der Waals surface area contributed by atoms with Gasteiger partial charge in [0.05, 0.1) is 25.9 Å². The van der Waals surface area contributed by atoms with Gasteiger partial charge in [-0.05, 0) is 6.92 Å². The van der Waals surface area contributed by atoms with Gasteiger partial charge in [0.1, 0.15) is 6.61 Å². The van der Waals surface area contributed by atoms with Gasteiger partial charge in [0.15, 0.2) is 6.29 Å². The van der Waals surface area contributed by atoms with E-state index in [-0.39, 0.29) is 19.0 Å². The normalized spacial score (nSPS) is 13.8. The SMILES string of the molecule is C=CC(=O)OCCOCCOC(CC(C)OC)OC. The molecule has 0 radical (unpaired) electrons. The number of ether oxygens (including phenoxy) is 5. The highest BCUT2D eigenvalue weighted by molar-refractivity contribution is 5.81. The molecule has 19 heavy (non-hydrogen) atoms. The van der Waals surface area contributed by atoms with Gasteiger partial charge in [0, 0.05) is 26.7 Å². The van der Waals surface area contributed by atoms with Gasteiger partial charge in [0.2, 0.25) is 0 Å². The van der Waals surface area contributed by atoms with E-state index in [1.54, 1.807) is 14.2 Å². The van der Waals surface area contributed by atoms with Crippen LogP contribution in [0.5, 0.6) is 0 Å². The summed E-state index contributed by atoms with van der Waals surface area (Å²) in [5.74, 6) is -0.451. The average molecular weight is 276 g/mol. The fraction of sp³-hybridized carbons (Fsp3) is 0.769. The Bertz CT molecular complexity index is 243. The number of carbonyl (C=O) groups excluding carboxylic acids is 1. The summed E-state index contributed by atoms with van der Waals surface area (Å²) < 4.78 is 25.7. The molecule has 0 saturated heterocycles. The molecule has 6 heteroatoms. The second kappa shape index (κ2) is 12.1. The maximum atomic E-state index is 10.7. The molecule has 0 aliphatic carbocycles. The molecular formula is C13H24O6. The van der Waals surface area contributed by atoms with Crippen molar-refractivity contribution in [2.45, 2.75) is 25.7 Å². The summed E-state index contributed by atoms with van der Waals surface area (Å²) in [5.41, 5.74) is 0. The maximum Gasteiger partial charge on any atom is 0.330 e. The first-order chi connectivity index (χ1) is 9.13. The fourth-order valence-electron chi connectivity index (χ4n) is 1.20. The molecule has 0 N–H and O–H groups in total. The molecule has 0 aromatic rings. The Morgan fingerprint density at radius 2 is 1.84 bits per heavy atom. The molecule has 0 rings (SSSR count). The Morgan fingerprint density at radius 3 is 2.42 bits per heavy atom. The van der Waals surface area contributed by atoms with Crippen LogP contribution in [0.3, 0.4) is 0 Å². The molecule has 0 amide bonds. The Labute approximate surface area is 114 Å². The van der Waals surface area contributed by atoms with Crippen molar-refractivity contribution < 1.29 is 28.5 Å². The minimum absolute atomic E-state index is 0.0733. The van der Waals surface area contributed by atoms with Crippen LogP contribution in [-0.4, -0.2) is 59.0 Å². The van der Waals surface area contributed by atoms with Gasteiger partial charge in [-0.1, -0.05) is 6.58 Å². The van der Waals surface area contributed by atoms with E-state index >= 15 is 0 Å². The second-order valence-electron chi connectivity index (χ2n) is 3.80. The monoisotopic (exact) mass is 276 g/mol. The van der Waals surface area contributed by atoms with E-state index in [9.17, 15) is 4.79 Å². The number of methoxy groups -OCH3 is 2. The number of esters is 1. The van der Waals surface area contributed by atoms with Crippen molar-refractivity contribution >= 4 is 5.97 Å². The number of rotatable bonds is 12. The second-order valence-corrected chi connectivity index (χ2v) is 3.80. The molecular weight excluding hydrogens is 252 g/mol. The quantitative estimate of drug-likeness (QED) is 0.230. The summed E-state index contributed by atoms with van der Waals surface area (Å²) in [4.78, 5) is 10.7. The Kier molecular flexibility index (Phi) is 11.5. The van der Waals surface area contributed by atoms with Crippen LogP contribution in [-0.2, 0) is 28.5 Å². The molecule has 0 bridgehead atoms. The standard InChI is InChI=1S/C13H24O6/c1-5-12(14)18-8-6-17-7-9-19-13(16-4)10-11(2)15-3/h5,11,13H,1,6-10H2,2-4H3. The maximum absolute atomic E-state index is 10.7. The summed E-state index contributed by atoms with van der Waals surface area (Å²) in [5, 5.41) is 0. The molecule has 0 saturated carbocycles. The third-order valence-corrected chi connectivity index (χ3v) is 2.36. The van der Waals surface area contributed by atoms with Crippen molar-refractivity contribution in [3.05, 3.63) is 12.7 Å². The van der Waals surface area contributed by atoms with E-state index in [2.05, 4.69) is 6.58 Å². The van der Waals surface area contributed by atoms with Crippen molar-refractivity contribution in [3.63, 3.8) is 0 Å². The van der Waals surface area contributed by atoms with E-state index in [1.165, 1.54) is 0 Å². The van der Waals surface area contributed by atoms with Gasteiger partial charge in [-0.3, -0.25) is 0 Å². The first-order valence-corrected chi connectivity index (χ1v) is 6.18. The lowest BCUT2D eigenvalue weighted by Crippen LogP contribution is -2.24. The smallest absolute Gasteiger partial charge is 0.330 e. The first kappa shape index (κ1) is 18.0. The van der Waals surface area contributed by atoms with Gasteiger partial charge in [-0.15, -0.1) is 0 Å². The van der Waals surface area contributed by atoms with Crippen molar-refractivity contribution in [2.75, 3.05) is 40.6 Å². The molecule has 2 atom stereocenters. The lowest BCUT2D eigenvalue weighted by Gasteiger charge is -2.19. The predicted molar refractivity (Wildman–Crippen MR) is 69.8 cm³/mol. The minimum atomic E-state index is -0.451. The van der Waals surface area contributed by atoms with Crippen LogP contribution in [0.25, 0.3) is 0 Å². The lowest BCUT2D eigenvalue weighted by molar-refractivity contribution is -0.152. The third-order valence-electron chi connectivity index (χ3n) is 2.36. The number of hydrogen-bond acceptors (Lipinski definition) is 6. The van der Waals surface area contributed by atoms with Crippen molar-refractivity contribution in [3.8, 4) is 0 Å². The zero-order valence-electron chi connectivity index (χ0n) is 11.9. The zero-order chi connectivity index (χ0) is 14.5. The highest BCUT2D eigenvalue weighted by Gasteiger charge is 2.12. The van der Waals surface area contributed by atoms with E-state index in [0.717, 1.165) is 6.08 Å². The molecule has 6 nitrogen and oxygen atoms in total. The Morgan fingerprint density at radius 1 is 1.16 bits per heavy atom. The van der Waals surface area contributed by atoms with Crippen LogP contribution < -0.4 is 0 Å². The van der Waals surface area contributed by atoms with Gasteiger partial charge < -0.3 is 23.7 Å². The predicted octanol–water partition coefficient (Wildman–Crippen LogP) is 1.15. The van der Waals surface area contributed by atoms with Gasteiger partial charge >= 0.3 is 5.97 Å². The highest BCUT2D eigenvalue weighted by Crippen LogP contribution is 2.05. The molecule has 0 aliphatic rings. The van der Waals surface area contributed by atoms with Crippen LogP contribution in [0.4, 0.5) is 0 Å². The molecule has 0 aromatic heterocycles. The van der Waals surface area contributed by atoms with Crippen molar-refractivity contribution in [1.29, 1.82) is 0 Å². The molecule has 0 spiro atoms. The Balaban J connectivity index is 3.45. The van der Waals surface area contributed by atoms with E-state index in [0.29, 0.717) is 26.2 Å². The summed E-state index contributed by atoms with van der Waals surface area (Å²) in [7, 11) is 3.23. The summed E-state index contributed by atoms with van der Waals surface area (Å²) in [6.45, 7) is 6.59. The topological polar surface area (TPSA) is 63.2 Å². The van der Waals surface area contributed by atoms with E-state index in [4.69, 9.17) is 23.7 Å². The van der Waals surface area contributed by atoms with Crippen LogP contribution in [0, 0.1) is 0 Å². The molecule has 0 aromatic carbocycles. The summed E-state index contributed by atoms with van der Waals surface area (Å²) in [6, 6.07) is 0.